The number of aliphatic hydroxyl groups is 1. The molecule has 21 heavy (non-hydrogen) atoms. The smallest absolute Gasteiger partial charge is 0.261 e. The van der Waals surface area contributed by atoms with Crippen LogP contribution in [0.15, 0.2) is 36.5 Å². The van der Waals surface area contributed by atoms with Crippen LogP contribution < -0.4 is 5.32 Å². The summed E-state index contributed by atoms with van der Waals surface area (Å²) in [5, 5.41) is 12.5. The molecule has 0 bridgehead atoms. The van der Waals surface area contributed by atoms with Crippen molar-refractivity contribution in [1.29, 1.82) is 0 Å². The molecule has 110 valence electrons. The predicted octanol–water partition coefficient (Wildman–Crippen LogP) is 3.04. The van der Waals surface area contributed by atoms with Crippen LogP contribution >= 0.6 is 22.9 Å². The highest BCUT2D eigenvalue weighted by Gasteiger charge is 2.36. The number of pyridine rings is 1. The number of aliphatic hydroxyl groups excluding tert-OH is 1. The molecule has 2 N–H and O–H groups in total. The zero-order valence-corrected chi connectivity index (χ0v) is 12.8. The van der Waals surface area contributed by atoms with Crippen LogP contribution in [0.5, 0.6) is 0 Å². The van der Waals surface area contributed by atoms with Gasteiger partial charge in [0.15, 0.2) is 0 Å². The average Bonchev–Trinajstić information content (AvgIpc) is 2.89. The van der Waals surface area contributed by atoms with Crippen molar-refractivity contribution in [3.8, 4) is 0 Å². The lowest BCUT2D eigenvalue weighted by Gasteiger charge is -2.37. The highest BCUT2D eigenvalue weighted by Crippen LogP contribution is 2.37. The Balaban J connectivity index is 1.78. The van der Waals surface area contributed by atoms with E-state index < -0.39 is 0 Å². The molecule has 0 aromatic carbocycles. The molecule has 2 aromatic heterocycles. The van der Waals surface area contributed by atoms with E-state index >= 15 is 0 Å². The zero-order valence-electron chi connectivity index (χ0n) is 11.2. The van der Waals surface area contributed by atoms with Crippen molar-refractivity contribution in [2.75, 3.05) is 0 Å². The molecular formula is C15H15ClN2O2S. The van der Waals surface area contributed by atoms with E-state index in [4.69, 9.17) is 11.6 Å². The molecule has 4 nitrogen and oxygen atoms in total. The minimum absolute atomic E-state index is 0.149. The molecule has 1 amide bonds. The van der Waals surface area contributed by atoms with Crippen LogP contribution in [0.1, 0.15) is 34.2 Å². The number of carbonyl (C=O) groups excluding carboxylic acids is 1. The topological polar surface area (TPSA) is 62.2 Å². The van der Waals surface area contributed by atoms with Crippen LogP contribution in [0.4, 0.5) is 0 Å². The summed E-state index contributed by atoms with van der Waals surface area (Å²) in [5.74, 6) is 0.0678. The van der Waals surface area contributed by atoms with Gasteiger partial charge in [0.25, 0.3) is 5.91 Å². The maximum atomic E-state index is 12.3. The second-order valence-electron chi connectivity index (χ2n) is 5.19. The number of aromatic nitrogens is 1. The first-order valence-electron chi connectivity index (χ1n) is 6.78. The number of halogens is 1. The fourth-order valence-electron chi connectivity index (χ4n) is 2.54. The minimum atomic E-state index is -0.269. The van der Waals surface area contributed by atoms with Crippen molar-refractivity contribution in [1.82, 2.24) is 10.3 Å². The van der Waals surface area contributed by atoms with Gasteiger partial charge < -0.3 is 10.4 Å². The number of hydrogen-bond donors (Lipinski definition) is 2. The Bertz CT molecular complexity index is 626. The maximum Gasteiger partial charge on any atom is 0.261 e. The third-order valence-corrected chi connectivity index (χ3v) is 4.94. The fraction of sp³-hybridized carbons (Fsp3) is 0.333. The van der Waals surface area contributed by atoms with Gasteiger partial charge in [0.2, 0.25) is 0 Å². The minimum Gasteiger partial charge on any atom is -0.393 e. The summed E-state index contributed by atoms with van der Waals surface area (Å²) >= 11 is 7.13. The molecule has 1 aliphatic rings. The molecule has 2 aromatic rings. The molecule has 3 rings (SSSR count). The molecule has 0 radical (unpaired) electrons. The molecule has 2 heterocycles. The number of hydrogen-bond acceptors (Lipinski definition) is 4. The molecule has 0 unspecified atom stereocenters. The van der Waals surface area contributed by atoms with Crippen molar-refractivity contribution in [3.05, 3.63) is 51.4 Å². The molecule has 1 atom stereocenters. The van der Waals surface area contributed by atoms with E-state index in [0.717, 1.165) is 5.69 Å². The number of nitrogens with one attached hydrogen (secondary N) is 1. The lowest BCUT2D eigenvalue weighted by atomic mass is 9.76. The summed E-state index contributed by atoms with van der Waals surface area (Å²) in [6.45, 7) is 0. The standard InChI is InChI=1S/C15H15ClN2O2S/c16-13-5-4-12(21-13)15(20)18-14(9-7-10(19)8-9)11-3-1-2-6-17-11/h1-6,9-10,14,19H,7-8H2,(H,18,20)/t9?,10?,14-/m1/s1. The van der Waals surface area contributed by atoms with Crippen molar-refractivity contribution in [2.24, 2.45) is 5.92 Å². The summed E-state index contributed by atoms with van der Waals surface area (Å²) in [7, 11) is 0. The van der Waals surface area contributed by atoms with Gasteiger partial charge in [-0.25, -0.2) is 0 Å². The van der Waals surface area contributed by atoms with Crippen molar-refractivity contribution >= 4 is 28.8 Å². The number of rotatable bonds is 4. The Morgan fingerprint density at radius 1 is 1.38 bits per heavy atom. The number of carbonyl (C=O) groups is 1. The predicted molar refractivity (Wildman–Crippen MR) is 82.5 cm³/mol. The van der Waals surface area contributed by atoms with E-state index in [9.17, 15) is 9.90 Å². The normalized spacial score (nSPS) is 22.4. The zero-order chi connectivity index (χ0) is 14.8. The van der Waals surface area contributed by atoms with Gasteiger partial charge in [-0.3, -0.25) is 9.78 Å². The van der Waals surface area contributed by atoms with Crippen molar-refractivity contribution < 1.29 is 9.90 Å². The van der Waals surface area contributed by atoms with E-state index in [1.807, 2.05) is 18.2 Å². The summed E-state index contributed by atoms with van der Waals surface area (Å²) < 4.78 is 0.591. The van der Waals surface area contributed by atoms with Crippen LogP contribution in [0.2, 0.25) is 4.34 Å². The monoisotopic (exact) mass is 322 g/mol. The Morgan fingerprint density at radius 2 is 2.19 bits per heavy atom. The second-order valence-corrected chi connectivity index (χ2v) is 6.91. The van der Waals surface area contributed by atoms with Crippen LogP contribution in [0.3, 0.4) is 0 Å². The van der Waals surface area contributed by atoms with Gasteiger partial charge in [0.05, 0.1) is 27.1 Å². The third-order valence-electron chi connectivity index (χ3n) is 3.71. The van der Waals surface area contributed by atoms with E-state index in [1.165, 1.54) is 11.3 Å². The van der Waals surface area contributed by atoms with Crippen LogP contribution in [0, 0.1) is 5.92 Å². The fourth-order valence-corrected chi connectivity index (χ4v) is 3.49. The maximum absolute atomic E-state index is 12.3. The lowest BCUT2D eigenvalue weighted by molar-refractivity contribution is 0.0228. The molecule has 1 saturated carbocycles. The van der Waals surface area contributed by atoms with Gasteiger partial charge in [0.1, 0.15) is 0 Å². The summed E-state index contributed by atoms with van der Waals surface area (Å²) in [5.41, 5.74) is 0.824. The quantitative estimate of drug-likeness (QED) is 0.909. The van der Waals surface area contributed by atoms with Crippen LogP contribution in [-0.4, -0.2) is 22.1 Å². The van der Waals surface area contributed by atoms with Gasteiger partial charge in [-0.2, -0.15) is 0 Å². The van der Waals surface area contributed by atoms with Crippen molar-refractivity contribution in [3.63, 3.8) is 0 Å². The molecule has 6 heteroatoms. The molecule has 1 fully saturated rings. The first-order valence-corrected chi connectivity index (χ1v) is 7.98. The van der Waals surface area contributed by atoms with Gasteiger partial charge >= 0.3 is 0 Å². The van der Waals surface area contributed by atoms with Crippen LogP contribution in [0.25, 0.3) is 0 Å². The Labute approximate surface area is 131 Å². The molecule has 0 spiro atoms. The largest absolute Gasteiger partial charge is 0.393 e. The van der Waals surface area contributed by atoms with E-state index in [0.29, 0.717) is 22.1 Å². The van der Waals surface area contributed by atoms with E-state index in [2.05, 4.69) is 10.3 Å². The van der Waals surface area contributed by atoms with Gasteiger partial charge in [-0.05, 0) is 43.0 Å². The Kier molecular flexibility index (Phi) is 4.24. The third kappa shape index (κ3) is 3.26. The highest BCUT2D eigenvalue weighted by atomic mass is 35.5. The van der Waals surface area contributed by atoms with E-state index in [-0.39, 0.29) is 24.0 Å². The molecular weight excluding hydrogens is 308 g/mol. The summed E-state index contributed by atoms with van der Waals surface area (Å²) in [6, 6.07) is 8.90. The second kappa shape index (κ2) is 6.13. The van der Waals surface area contributed by atoms with Gasteiger partial charge in [-0.15, -0.1) is 11.3 Å². The van der Waals surface area contributed by atoms with Crippen molar-refractivity contribution in [2.45, 2.75) is 25.0 Å². The van der Waals surface area contributed by atoms with E-state index in [1.54, 1.807) is 18.3 Å². The summed E-state index contributed by atoms with van der Waals surface area (Å²) in [6.07, 6.45) is 2.82. The molecule has 0 saturated heterocycles. The number of amides is 1. The first kappa shape index (κ1) is 14.5. The van der Waals surface area contributed by atoms with Gasteiger partial charge in [-0.1, -0.05) is 17.7 Å². The van der Waals surface area contributed by atoms with Crippen LogP contribution in [-0.2, 0) is 0 Å². The number of thiophene rings is 1. The SMILES string of the molecule is O=C(N[C@@H](c1ccccn1)C1CC(O)C1)c1ccc(Cl)s1. The molecule has 0 aliphatic heterocycles. The highest BCUT2D eigenvalue weighted by molar-refractivity contribution is 7.17. The number of nitrogens with zero attached hydrogens (tertiary/aromatic N) is 1. The Morgan fingerprint density at radius 3 is 2.76 bits per heavy atom. The Hall–Kier alpha value is -1.43. The molecule has 1 aliphatic carbocycles. The van der Waals surface area contributed by atoms with Gasteiger partial charge in [0, 0.05) is 6.20 Å². The first-order chi connectivity index (χ1) is 10.1. The average molecular weight is 323 g/mol. The lowest BCUT2D eigenvalue weighted by Crippen LogP contribution is -2.41. The summed E-state index contributed by atoms with van der Waals surface area (Å²) in [4.78, 5) is 17.2.